The largest absolute Gasteiger partial charge is 0.456 e. The van der Waals surface area contributed by atoms with Crippen molar-refractivity contribution in [1.82, 2.24) is 4.57 Å². The molecule has 0 saturated heterocycles. The normalized spacial score (nSPS) is 11.1. The maximum absolute atomic E-state index is 12.2. The second kappa shape index (κ2) is 6.87. The number of halogens is 1. The van der Waals surface area contributed by atoms with Crippen molar-refractivity contribution in [3.8, 4) is 0 Å². The van der Waals surface area contributed by atoms with Gasteiger partial charge in [-0.25, -0.2) is 14.2 Å². The highest BCUT2D eigenvalue weighted by molar-refractivity contribution is 6.30. The SMILES string of the molecule is CC(C)(C)OC(=O)n1cccc1C(=O)OCc1ccc(Cl)cc1. The maximum atomic E-state index is 12.2. The highest BCUT2D eigenvalue weighted by Gasteiger charge is 2.22. The Labute approximate surface area is 139 Å². The lowest BCUT2D eigenvalue weighted by atomic mass is 10.2. The minimum Gasteiger partial charge on any atom is -0.456 e. The number of hydrogen-bond donors (Lipinski definition) is 0. The van der Waals surface area contributed by atoms with Crippen LogP contribution in [0.25, 0.3) is 0 Å². The molecule has 0 radical (unpaired) electrons. The first kappa shape index (κ1) is 17.1. The molecular weight excluding hydrogens is 318 g/mol. The lowest BCUT2D eigenvalue weighted by molar-refractivity contribution is 0.0415. The quantitative estimate of drug-likeness (QED) is 0.785. The molecule has 122 valence electrons. The summed E-state index contributed by atoms with van der Waals surface area (Å²) in [7, 11) is 0. The van der Waals surface area contributed by atoms with Crippen molar-refractivity contribution in [2.75, 3.05) is 0 Å². The zero-order valence-electron chi connectivity index (χ0n) is 13.2. The maximum Gasteiger partial charge on any atom is 0.419 e. The van der Waals surface area contributed by atoms with Crippen molar-refractivity contribution < 1.29 is 19.1 Å². The number of aromatic nitrogens is 1. The van der Waals surface area contributed by atoms with Crippen LogP contribution in [0.1, 0.15) is 36.8 Å². The molecule has 0 fully saturated rings. The molecule has 0 N–H and O–H groups in total. The molecule has 6 heteroatoms. The average Bonchev–Trinajstić information content (AvgIpc) is 2.94. The van der Waals surface area contributed by atoms with Crippen LogP contribution >= 0.6 is 11.6 Å². The molecular formula is C17H18ClNO4. The van der Waals surface area contributed by atoms with Gasteiger partial charge in [-0.2, -0.15) is 0 Å². The highest BCUT2D eigenvalue weighted by atomic mass is 35.5. The topological polar surface area (TPSA) is 57.5 Å². The smallest absolute Gasteiger partial charge is 0.419 e. The van der Waals surface area contributed by atoms with Crippen molar-refractivity contribution in [3.05, 3.63) is 58.9 Å². The van der Waals surface area contributed by atoms with Gasteiger partial charge in [-0.15, -0.1) is 0 Å². The lowest BCUT2D eigenvalue weighted by Gasteiger charge is -2.20. The predicted octanol–water partition coefficient (Wildman–Crippen LogP) is 4.28. The Hall–Kier alpha value is -2.27. The second-order valence-corrected chi connectivity index (χ2v) is 6.38. The van der Waals surface area contributed by atoms with Crippen LogP contribution in [0, 0.1) is 0 Å². The summed E-state index contributed by atoms with van der Waals surface area (Å²) < 4.78 is 11.6. The third-order valence-corrected chi connectivity index (χ3v) is 3.08. The third-order valence-electron chi connectivity index (χ3n) is 2.83. The number of carbonyl (C=O) groups is 2. The van der Waals surface area contributed by atoms with E-state index >= 15 is 0 Å². The number of rotatable bonds is 3. The number of benzene rings is 1. The number of esters is 1. The first-order valence-electron chi connectivity index (χ1n) is 7.08. The summed E-state index contributed by atoms with van der Waals surface area (Å²) in [5, 5.41) is 0.610. The van der Waals surface area contributed by atoms with Gasteiger partial charge in [-0.05, 0) is 50.6 Å². The molecule has 0 unspecified atom stereocenters. The predicted molar refractivity (Wildman–Crippen MR) is 86.6 cm³/mol. The van der Waals surface area contributed by atoms with Gasteiger partial charge >= 0.3 is 12.1 Å². The molecule has 1 aromatic heterocycles. The van der Waals surface area contributed by atoms with Crippen LogP contribution < -0.4 is 0 Å². The van der Waals surface area contributed by atoms with Gasteiger partial charge in [0.25, 0.3) is 0 Å². The molecule has 0 bridgehead atoms. The minimum atomic E-state index is -0.647. The fourth-order valence-electron chi connectivity index (χ4n) is 1.82. The zero-order valence-corrected chi connectivity index (χ0v) is 14.0. The number of nitrogens with zero attached hydrogens (tertiary/aromatic N) is 1. The first-order valence-corrected chi connectivity index (χ1v) is 7.46. The van der Waals surface area contributed by atoms with Crippen molar-refractivity contribution in [3.63, 3.8) is 0 Å². The van der Waals surface area contributed by atoms with Crippen molar-refractivity contribution in [2.45, 2.75) is 33.0 Å². The Bertz CT molecular complexity index is 698. The average molecular weight is 336 g/mol. The summed E-state index contributed by atoms with van der Waals surface area (Å²) in [6.45, 7) is 5.36. The van der Waals surface area contributed by atoms with Gasteiger partial charge in [0.05, 0.1) is 0 Å². The summed E-state index contributed by atoms with van der Waals surface area (Å²) in [5.74, 6) is -0.601. The Kier molecular flexibility index (Phi) is 5.11. The Morgan fingerprint density at radius 1 is 1.13 bits per heavy atom. The van der Waals surface area contributed by atoms with Crippen LogP contribution in [0.3, 0.4) is 0 Å². The molecule has 1 heterocycles. The van der Waals surface area contributed by atoms with E-state index in [-0.39, 0.29) is 12.3 Å². The standard InChI is InChI=1S/C17H18ClNO4/c1-17(2,3)23-16(21)19-10-4-5-14(19)15(20)22-11-12-6-8-13(18)9-7-12/h4-10H,11H2,1-3H3. The summed E-state index contributed by atoms with van der Waals surface area (Å²) in [6, 6.07) is 10.1. The third kappa shape index (κ3) is 4.86. The number of ether oxygens (including phenoxy) is 2. The summed E-state index contributed by atoms with van der Waals surface area (Å²) >= 11 is 5.80. The van der Waals surface area contributed by atoms with Gasteiger partial charge < -0.3 is 9.47 Å². The molecule has 5 nitrogen and oxygen atoms in total. The fourth-order valence-corrected chi connectivity index (χ4v) is 1.95. The van der Waals surface area contributed by atoms with Gasteiger partial charge in [-0.3, -0.25) is 0 Å². The molecule has 2 rings (SSSR count). The first-order chi connectivity index (χ1) is 10.8. The molecule has 0 spiro atoms. The molecule has 0 amide bonds. The van der Waals surface area contributed by atoms with E-state index in [1.807, 2.05) is 0 Å². The summed E-state index contributed by atoms with van der Waals surface area (Å²) in [5.41, 5.74) is 0.276. The minimum absolute atomic E-state index is 0.0928. The van der Waals surface area contributed by atoms with Crippen LogP contribution in [-0.2, 0) is 16.1 Å². The van der Waals surface area contributed by atoms with E-state index in [1.54, 1.807) is 51.1 Å². The second-order valence-electron chi connectivity index (χ2n) is 5.95. The van der Waals surface area contributed by atoms with Gasteiger partial charge in [0.15, 0.2) is 0 Å². The van der Waals surface area contributed by atoms with Gasteiger partial charge in [-0.1, -0.05) is 23.7 Å². The molecule has 0 atom stereocenters. The number of carbonyl (C=O) groups excluding carboxylic acids is 2. The van der Waals surface area contributed by atoms with E-state index in [1.165, 1.54) is 12.3 Å². The van der Waals surface area contributed by atoms with Crippen LogP contribution in [0.4, 0.5) is 4.79 Å². The molecule has 1 aromatic carbocycles. The van der Waals surface area contributed by atoms with Gasteiger partial charge in [0.1, 0.15) is 17.9 Å². The van der Waals surface area contributed by atoms with Crippen LogP contribution in [0.5, 0.6) is 0 Å². The summed E-state index contributed by atoms with van der Waals surface area (Å²) in [4.78, 5) is 24.2. The molecule has 0 aliphatic carbocycles. The van der Waals surface area contributed by atoms with E-state index in [0.29, 0.717) is 5.02 Å². The fraction of sp³-hybridized carbons (Fsp3) is 0.294. The van der Waals surface area contributed by atoms with Gasteiger partial charge in [0, 0.05) is 11.2 Å². The zero-order chi connectivity index (χ0) is 17.0. The Morgan fingerprint density at radius 2 is 1.78 bits per heavy atom. The van der Waals surface area contributed by atoms with Crippen LogP contribution in [0.15, 0.2) is 42.6 Å². The number of hydrogen-bond acceptors (Lipinski definition) is 4. The molecule has 0 aliphatic rings. The van der Waals surface area contributed by atoms with E-state index in [4.69, 9.17) is 21.1 Å². The highest BCUT2D eigenvalue weighted by Crippen LogP contribution is 2.14. The molecule has 23 heavy (non-hydrogen) atoms. The van der Waals surface area contributed by atoms with Crippen molar-refractivity contribution in [2.24, 2.45) is 0 Å². The molecule has 0 saturated carbocycles. The molecule has 2 aromatic rings. The molecule has 0 aliphatic heterocycles. The van der Waals surface area contributed by atoms with Crippen molar-refractivity contribution in [1.29, 1.82) is 0 Å². The lowest BCUT2D eigenvalue weighted by Crippen LogP contribution is -2.28. The van der Waals surface area contributed by atoms with E-state index in [2.05, 4.69) is 0 Å². The Balaban J connectivity index is 2.04. The van der Waals surface area contributed by atoms with E-state index in [9.17, 15) is 9.59 Å². The van der Waals surface area contributed by atoms with Crippen molar-refractivity contribution >= 4 is 23.7 Å². The Morgan fingerprint density at radius 3 is 2.39 bits per heavy atom. The van der Waals surface area contributed by atoms with Crippen LogP contribution in [0.2, 0.25) is 5.02 Å². The van der Waals surface area contributed by atoms with E-state index in [0.717, 1.165) is 10.1 Å². The van der Waals surface area contributed by atoms with Crippen LogP contribution in [-0.4, -0.2) is 22.2 Å². The summed E-state index contributed by atoms with van der Waals surface area (Å²) in [6.07, 6.45) is 0.841. The van der Waals surface area contributed by atoms with E-state index < -0.39 is 17.7 Å². The van der Waals surface area contributed by atoms with Gasteiger partial charge in [0.2, 0.25) is 0 Å². The monoisotopic (exact) mass is 335 g/mol.